The summed E-state index contributed by atoms with van der Waals surface area (Å²) in [4.78, 5) is 8.20. The van der Waals surface area contributed by atoms with Crippen LogP contribution in [0.4, 0.5) is 8.78 Å². The Morgan fingerprint density at radius 2 is 1.78 bits per heavy atom. The molecule has 2 fully saturated rings. The first-order valence-electron chi connectivity index (χ1n) is 15.9. The molecule has 2 heterocycles. The van der Waals surface area contributed by atoms with E-state index in [1.165, 1.54) is 29.0 Å². The number of ether oxygens (including phenoxy) is 3. The maximum absolute atomic E-state index is 16.1. The Balaban J connectivity index is 1.36. The van der Waals surface area contributed by atoms with Crippen molar-refractivity contribution in [3.8, 4) is 5.88 Å². The molecular formula is C34H45F2N3O5SSi. The van der Waals surface area contributed by atoms with E-state index in [-0.39, 0.29) is 43.0 Å². The van der Waals surface area contributed by atoms with Gasteiger partial charge >= 0.3 is 0 Å². The van der Waals surface area contributed by atoms with Gasteiger partial charge < -0.3 is 14.2 Å². The molecule has 1 aliphatic carbocycles. The molecule has 1 aromatic heterocycles. The van der Waals surface area contributed by atoms with Crippen LogP contribution in [0.25, 0.3) is 0 Å². The van der Waals surface area contributed by atoms with Crippen LogP contribution < -0.4 is 4.74 Å². The average molecular weight is 674 g/mol. The summed E-state index contributed by atoms with van der Waals surface area (Å²) < 4.78 is 78.6. The highest BCUT2D eigenvalue weighted by atomic mass is 32.2. The first-order chi connectivity index (χ1) is 21.7. The number of halogens is 2. The van der Waals surface area contributed by atoms with Gasteiger partial charge in [0.1, 0.15) is 23.7 Å². The number of rotatable bonds is 13. The van der Waals surface area contributed by atoms with E-state index in [4.69, 9.17) is 14.2 Å². The highest BCUT2D eigenvalue weighted by molar-refractivity contribution is 7.89. The van der Waals surface area contributed by atoms with Crippen molar-refractivity contribution in [2.45, 2.75) is 94.1 Å². The quantitative estimate of drug-likeness (QED) is 0.110. The van der Waals surface area contributed by atoms with Crippen LogP contribution in [0, 0.1) is 11.6 Å². The zero-order valence-electron chi connectivity index (χ0n) is 27.3. The molecule has 5 rings (SSSR count). The third-order valence-corrected chi connectivity index (χ3v) is 13.3. The minimum Gasteiger partial charge on any atom is -0.476 e. The van der Waals surface area contributed by atoms with E-state index in [0.29, 0.717) is 37.9 Å². The zero-order chi connectivity index (χ0) is 33.2. The van der Waals surface area contributed by atoms with Crippen molar-refractivity contribution in [1.29, 1.82) is 0 Å². The van der Waals surface area contributed by atoms with Crippen molar-refractivity contribution in [3.63, 3.8) is 0 Å². The van der Waals surface area contributed by atoms with E-state index in [2.05, 4.69) is 29.6 Å². The van der Waals surface area contributed by atoms with Gasteiger partial charge in [0.05, 0.1) is 18.4 Å². The summed E-state index contributed by atoms with van der Waals surface area (Å²) in [6.07, 6.45) is 6.31. The van der Waals surface area contributed by atoms with Crippen LogP contribution in [0.15, 0.2) is 61.1 Å². The van der Waals surface area contributed by atoms with Crippen LogP contribution in [0.2, 0.25) is 25.7 Å². The second-order valence-electron chi connectivity index (χ2n) is 14.2. The van der Waals surface area contributed by atoms with Gasteiger partial charge in [-0.15, -0.1) is 0 Å². The van der Waals surface area contributed by atoms with E-state index < -0.39 is 46.0 Å². The summed E-state index contributed by atoms with van der Waals surface area (Å²) in [7, 11) is -5.06. The highest BCUT2D eigenvalue weighted by Gasteiger charge is 2.56. The summed E-state index contributed by atoms with van der Waals surface area (Å²) in [5.41, 5.74) is -0.685. The Bertz CT molecular complexity index is 1590. The number of sulfonamides is 1. The summed E-state index contributed by atoms with van der Waals surface area (Å²) in [5.74, 6) is -1.00. The molecule has 46 heavy (non-hydrogen) atoms. The van der Waals surface area contributed by atoms with Gasteiger partial charge in [0.25, 0.3) is 0 Å². The molecule has 3 aromatic rings. The van der Waals surface area contributed by atoms with Gasteiger partial charge in [-0.3, -0.25) is 4.98 Å². The molecule has 250 valence electrons. The fourth-order valence-corrected chi connectivity index (χ4v) is 9.63. The van der Waals surface area contributed by atoms with E-state index >= 15 is 8.78 Å². The number of aromatic nitrogens is 2. The maximum atomic E-state index is 16.1. The Morgan fingerprint density at radius 3 is 2.46 bits per heavy atom. The van der Waals surface area contributed by atoms with E-state index in [1.807, 2.05) is 32.0 Å². The Kier molecular flexibility index (Phi) is 10.3. The lowest BCUT2D eigenvalue weighted by Gasteiger charge is -2.54. The zero-order valence-corrected chi connectivity index (χ0v) is 29.2. The van der Waals surface area contributed by atoms with Crippen molar-refractivity contribution in [2.75, 3.05) is 20.0 Å². The molecule has 0 amide bonds. The number of hydrogen-bond acceptors (Lipinski definition) is 7. The average Bonchev–Trinajstić information content (AvgIpc) is 2.98. The molecule has 1 saturated carbocycles. The summed E-state index contributed by atoms with van der Waals surface area (Å²) in [6, 6.07) is 12.0. The topological polar surface area (TPSA) is 90.9 Å². The summed E-state index contributed by atoms with van der Waals surface area (Å²) in [5, 5.41) is -0.731. The standard InChI is InChI=1S/C34H45F2N3O5SSi/c1-25-11-12-31(26-9-7-6-8-10-26)45(40,41)39(25)20-27-17-30(36)28(18-29(27)35)34(23-43-32-19-37-13-14-38-32)21-33(2,22-34)44-24-42-15-16-46(3,4)5/h6-10,13-14,17-19,25,31H,11-12,15-16,20-24H2,1-5H3/t25-,31+,33?,34?/m0/s1. The Morgan fingerprint density at radius 1 is 1.04 bits per heavy atom. The first-order valence-corrected chi connectivity index (χ1v) is 21.1. The lowest BCUT2D eigenvalue weighted by atomic mass is 9.56. The van der Waals surface area contributed by atoms with Crippen molar-refractivity contribution in [1.82, 2.24) is 14.3 Å². The van der Waals surface area contributed by atoms with Crippen molar-refractivity contribution in [3.05, 3.63) is 89.4 Å². The maximum Gasteiger partial charge on any atom is 0.232 e. The molecule has 0 N–H and O–H groups in total. The second kappa shape index (κ2) is 13.8. The fourth-order valence-electron chi connectivity index (χ4n) is 6.68. The third kappa shape index (κ3) is 7.84. The van der Waals surface area contributed by atoms with Crippen LogP contribution >= 0.6 is 0 Å². The molecule has 2 aliphatic rings. The Labute approximate surface area is 272 Å². The van der Waals surface area contributed by atoms with Crippen LogP contribution in [0.3, 0.4) is 0 Å². The van der Waals surface area contributed by atoms with Gasteiger partial charge in [-0.05, 0) is 63.3 Å². The second-order valence-corrected chi connectivity index (χ2v) is 21.9. The van der Waals surface area contributed by atoms with Gasteiger partial charge in [-0.25, -0.2) is 22.2 Å². The van der Waals surface area contributed by atoms with E-state index in [0.717, 1.165) is 12.1 Å². The van der Waals surface area contributed by atoms with Gasteiger partial charge in [0, 0.05) is 56.2 Å². The molecule has 1 aliphatic heterocycles. The third-order valence-electron chi connectivity index (χ3n) is 9.18. The van der Waals surface area contributed by atoms with E-state index in [1.54, 1.807) is 12.1 Å². The van der Waals surface area contributed by atoms with Crippen molar-refractivity contribution < 1.29 is 31.4 Å². The van der Waals surface area contributed by atoms with Crippen LogP contribution in [-0.4, -0.2) is 62.4 Å². The summed E-state index contributed by atoms with van der Waals surface area (Å²) in [6.45, 7) is 11.1. The van der Waals surface area contributed by atoms with Gasteiger partial charge in [-0.2, -0.15) is 4.31 Å². The van der Waals surface area contributed by atoms with Crippen molar-refractivity contribution in [2.24, 2.45) is 0 Å². The van der Waals surface area contributed by atoms with Crippen molar-refractivity contribution >= 4 is 18.1 Å². The monoisotopic (exact) mass is 673 g/mol. The minimum atomic E-state index is -3.82. The predicted molar refractivity (Wildman–Crippen MR) is 176 cm³/mol. The van der Waals surface area contributed by atoms with Crippen LogP contribution in [0.1, 0.15) is 61.5 Å². The van der Waals surface area contributed by atoms with Gasteiger partial charge in [0.2, 0.25) is 15.9 Å². The largest absolute Gasteiger partial charge is 0.476 e. The minimum absolute atomic E-state index is 0.00971. The number of benzene rings is 2. The molecule has 0 spiro atoms. The lowest BCUT2D eigenvalue weighted by molar-refractivity contribution is -0.193. The first kappa shape index (κ1) is 34.6. The molecular weight excluding hydrogens is 629 g/mol. The molecule has 0 bridgehead atoms. The van der Waals surface area contributed by atoms with Gasteiger partial charge in [0.15, 0.2) is 0 Å². The van der Waals surface area contributed by atoms with Crippen LogP contribution in [-0.2, 0) is 31.5 Å². The van der Waals surface area contributed by atoms with Crippen LogP contribution in [0.5, 0.6) is 5.88 Å². The SMILES string of the molecule is C[C@H]1CC[C@H](c2ccccc2)S(=O)(=O)N1Cc1cc(F)c(C2(COc3cnccn3)CC(C)(OCOCC[Si](C)(C)C)C2)cc1F. The number of nitrogens with zero attached hydrogens (tertiary/aromatic N) is 3. The normalized spacial score (nSPS) is 26.4. The van der Waals surface area contributed by atoms with Gasteiger partial charge in [-0.1, -0.05) is 50.0 Å². The predicted octanol–water partition coefficient (Wildman–Crippen LogP) is 7.01. The molecule has 2 atom stereocenters. The smallest absolute Gasteiger partial charge is 0.232 e. The molecule has 0 radical (unpaired) electrons. The molecule has 8 nitrogen and oxygen atoms in total. The fraction of sp³-hybridized carbons (Fsp3) is 0.529. The molecule has 12 heteroatoms. The number of hydrogen-bond donors (Lipinski definition) is 0. The summed E-state index contributed by atoms with van der Waals surface area (Å²) >= 11 is 0. The molecule has 2 aromatic carbocycles. The Hall–Kier alpha value is -2.77. The highest BCUT2D eigenvalue weighted by Crippen LogP contribution is 2.53. The molecule has 0 unspecified atom stereocenters. The van der Waals surface area contributed by atoms with E-state index in [9.17, 15) is 8.42 Å². The lowest BCUT2D eigenvalue weighted by Crippen LogP contribution is -2.58. The molecule has 1 saturated heterocycles.